The van der Waals surface area contributed by atoms with E-state index in [9.17, 15) is 22.0 Å². The van der Waals surface area contributed by atoms with Crippen molar-refractivity contribution in [3.05, 3.63) is 0 Å². The second-order valence-electron chi connectivity index (χ2n) is 4.64. The van der Waals surface area contributed by atoms with Crippen molar-refractivity contribution in [1.29, 1.82) is 0 Å². The monoisotopic (exact) mass is 348 g/mol. The first kappa shape index (κ1) is 16.3. The van der Waals surface area contributed by atoms with Crippen molar-refractivity contribution >= 4 is 39.6 Å². The van der Waals surface area contributed by atoms with Crippen LogP contribution in [-0.4, -0.2) is 45.9 Å². The lowest BCUT2D eigenvalue weighted by molar-refractivity contribution is -0.168. The van der Waals surface area contributed by atoms with Crippen LogP contribution in [-0.2, 0) is 19.6 Å². The van der Waals surface area contributed by atoms with Gasteiger partial charge in [0.05, 0.1) is 4.08 Å². The number of halogens is 2. The largest absolute Gasteiger partial charge is 0.465 e. The van der Waals surface area contributed by atoms with Crippen LogP contribution < -0.4 is 0 Å². The van der Waals surface area contributed by atoms with E-state index in [0.29, 0.717) is 6.42 Å². The summed E-state index contributed by atoms with van der Waals surface area (Å²) >= 11 is 3.13. The van der Waals surface area contributed by atoms with Crippen LogP contribution >= 0.6 is 23.5 Å². The minimum atomic E-state index is -5.81. The first-order valence-corrected chi connectivity index (χ1v) is 9.44. The molecule has 2 rings (SSSR count). The molecular weight excluding hydrogens is 334 g/mol. The van der Waals surface area contributed by atoms with Gasteiger partial charge < -0.3 is 4.74 Å². The summed E-state index contributed by atoms with van der Waals surface area (Å²) in [5.41, 5.74) is 0. The van der Waals surface area contributed by atoms with Crippen LogP contribution in [0.5, 0.6) is 0 Å². The van der Waals surface area contributed by atoms with Crippen LogP contribution in [0.1, 0.15) is 25.7 Å². The van der Waals surface area contributed by atoms with Gasteiger partial charge in [-0.25, -0.2) is 4.79 Å². The third kappa shape index (κ3) is 2.93. The highest BCUT2D eigenvalue weighted by Crippen LogP contribution is 2.54. The zero-order valence-electron chi connectivity index (χ0n) is 10.4. The van der Waals surface area contributed by atoms with Gasteiger partial charge in [0.25, 0.3) is 0 Å². The minimum Gasteiger partial charge on any atom is -0.455 e. The first-order chi connectivity index (χ1) is 9.19. The van der Waals surface area contributed by atoms with Crippen LogP contribution in [0.15, 0.2) is 0 Å². The number of thioether (sulfide) groups is 2. The van der Waals surface area contributed by atoms with E-state index in [1.54, 1.807) is 23.5 Å². The molecular formula is C10H14F2O5S3. The van der Waals surface area contributed by atoms with Gasteiger partial charge in [-0.15, -0.1) is 23.5 Å². The Morgan fingerprint density at radius 3 is 2.45 bits per heavy atom. The number of ether oxygens (including phenoxy) is 1. The summed E-state index contributed by atoms with van der Waals surface area (Å²) in [6, 6.07) is 0. The summed E-state index contributed by atoms with van der Waals surface area (Å²) in [5, 5.41) is -4.92. The molecule has 1 spiro atoms. The van der Waals surface area contributed by atoms with Gasteiger partial charge in [-0.1, -0.05) is 6.42 Å². The second-order valence-corrected chi connectivity index (χ2v) is 9.21. The zero-order valence-corrected chi connectivity index (χ0v) is 12.8. The number of rotatable bonds is 3. The topological polar surface area (TPSA) is 80.7 Å². The van der Waals surface area contributed by atoms with Gasteiger partial charge in [-0.05, 0) is 19.3 Å². The van der Waals surface area contributed by atoms with E-state index in [2.05, 4.69) is 0 Å². The molecule has 0 aromatic carbocycles. The molecule has 20 heavy (non-hydrogen) atoms. The third-order valence-corrected chi connectivity index (χ3v) is 7.83. The number of alkyl halides is 2. The molecule has 1 heterocycles. The summed E-state index contributed by atoms with van der Waals surface area (Å²) in [4.78, 5) is 11.4. The highest BCUT2D eigenvalue weighted by molar-refractivity contribution is 8.21. The maximum absolute atomic E-state index is 13.2. The molecule has 5 nitrogen and oxygen atoms in total. The molecule has 1 aliphatic carbocycles. The molecule has 2 aliphatic rings. The van der Waals surface area contributed by atoms with E-state index in [1.807, 2.05) is 0 Å². The fourth-order valence-electron chi connectivity index (χ4n) is 2.33. The Kier molecular flexibility index (Phi) is 4.58. The molecule has 116 valence electrons. The number of carbonyl (C=O) groups is 1. The van der Waals surface area contributed by atoms with Crippen molar-refractivity contribution in [2.45, 2.75) is 41.1 Å². The molecule has 1 unspecified atom stereocenters. The number of hydrogen-bond donors (Lipinski definition) is 1. The van der Waals surface area contributed by atoms with Crippen LogP contribution in [0.3, 0.4) is 0 Å². The smallest absolute Gasteiger partial charge is 0.455 e. The molecule has 0 aromatic heterocycles. The Morgan fingerprint density at radius 1 is 1.30 bits per heavy atom. The van der Waals surface area contributed by atoms with Crippen molar-refractivity contribution in [3.8, 4) is 0 Å². The van der Waals surface area contributed by atoms with E-state index >= 15 is 0 Å². The molecule has 0 amide bonds. The SMILES string of the molecule is O=C(OC1CCCCC12SCCS2)C(F)(F)S(=O)(=O)O. The fraction of sp³-hybridized carbons (Fsp3) is 0.900. The standard InChI is InChI=1S/C10H14F2O5S3/c11-10(12,20(14,15)16)8(13)17-7-3-1-2-4-9(7)18-5-6-19-9/h7H,1-6H2,(H,14,15,16). The summed E-state index contributed by atoms with van der Waals surface area (Å²) in [6.07, 6.45) is 2.06. The molecule has 0 radical (unpaired) electrons. The summed E-state index contributed by atoms with van der Waals surface area (Å²) < 4.78 is 60.3. The average Bonchev–Trinajstić information content (AvgIpc) is 2.80. The van der Waals surface area contributed by atoms with Crippen molar-refractivity contribution in [2.24, 2.45) is 0 Å². The highest BCUT2D eigenvalue weighted by Gasteiger charge is 2.57. The molecule has 0 bridgehead atoms. The van der Waals surface area contributed by atoms with Crippen molar-refractivity contribution in [1.82, 2.24) is 0 Å². The molecule has 0 aromatic rings. The lowest BCUT2D eigenvalue weighted by Gasteiger charge is -2.39. The summed E-state index contributed by atoms with van der Waals surface area (Å²) in [7, 11) is -5.81. The predicted octanol–water partition coefficient (Wildman–Crippen LogP) is 2.13. The van der Waals surface area contributed by atoms with Crippen molar-refractivity contribution in [2.75, 3.05) is 11.5 Å². The molecule has 1 aliphatic heterocycles. The van der Waals surface area contributed by atoms with E-state index in [0.717, 1.165) is 30.8 Å². The van der Waals surface area contributed by atoms with Crippen molar-refractivity contribution in [3.63, 3.8) is 0 Å². The maximum Gasteiger partial charge on any atom is 0.465 e. The van der Waals surface area contributed by atoms with E-state index in [4.69, 9.17) is 9.29 Å². The Balaban J connectivity index is 2.14. The quantitative estimate of drug-likeness (QED) is 0.618. The Morgan fingerprint density at radius 2 is 1.90 bits per heavy atom. The van der Waals surface area contributed by atoms with Crippen LogP contribution in [0.25, 0.3) is 0 Å². The molecule has 10 heteroatoms. The zero-order chi connectivity index (χ0) is 15.0. The number of carbonyl (C=O) groups excluding carboxylic acids is 1. The van der Waals surface area contributed by atoms with Gasteiger partial charge >= 0.3 is 21.3 Å². The number of esters is 1. The van der Waals surface area contributed by atoms with Gasteiger partial charge in [-0.3, -0.25) is 4.55 Å². The summed E-state index contributed by atoms with van der Waals surface area (Å²) in [5.74, 6) is -0.514. The van der Waals surface area contributed by atoms with E-state index in [-0.39, 0.29) is 0 Å². The van der Waals surface area contributed by atoms with Crippen LogP contribution in [0.4, 0.5) is 8.78 Å². The molecule has 1 saturated carbocycles. The van der Waals surface area contributed by atoms with Gasteiger partial charge in [0, 0.05) is 11.5 Å². The predicted molar refractivity (Wildman–Crippen MR) is 72.5 cm³/mol. The molecule has 2 fully saturated rings. The first-order valence-electron chi connectivity index (χ1n) is 6.03. The molecule has 1 atom stereocenters. The van der Waals surface area contributed by atoms with Crippen molar-refractivity contribution < 1.29 is 31.3 Å². The average molecular weight is 348 g/mol. The third-order valence-electron chi connectivity index (χ3n) is 3.32. The van der Waals surface area contributed by atoms with Crippen LogP contribution in [0, 0.1) is 0 Å². The van der Waals surface area contributed by atoms with Gasteiger partial charge in [0.1, 0.15) is 6.10 Å². The minimum absolute atomic E-state index is 0.424. The summed E-state index contributed by atoms with van der Waals surface area (Å²) in [6.45, 7) is 0. The van der Waals surface area contributed by atoms with Gasteiger partial charge in [-0.2, -0.15) is 17.2 Å². The fourth-order valence-corrected chi connectivity index (χ4v) is 6.07. The van der Waals surface area contributed by atoms with Gasteiger partial charge in [0.2, 0.25) is 0 Å². The lowest BCUT2D eigenvalue weighted by Crippen LogP contribution is -2.46. The maximum atomic E-state index is 13.2. The van der Waals surface area contributed by atoms with Crippen LogP contribution in [0.2, 0.25) is 0 Å². The molecule has 1 saturated heterocycles. The highest BCUT2D eigenvalue weighted by atomic mass is 32.2. The van der Waals surface area contributed by atoms with Gasteiger partial charge in [0.15, 0.2) is 0 Å². The number of hydrogen-bond acceptors (Lipinski definition) is 6. The van der Waals surface area contributed by atoms with E-state index < -0.39 is 31.5 Å². The molecule has 1 N–H and O–H groups in total. The normalized spacial score (nSPS) is 26.6. The Bertz CT molecular complexity index is 487. The second kappa shape index (κ2) is 5.62. The Labute approximate surface area is 123 Å². The Hall–Kier alpha value is -0.0600. The lowest BCUT2D eigenvalue weighted by atomic mass is 9.96. The van der Waals surface area contributed by atoms with E-state index in [1.165, 1.54) is 0 Å².